The quantitative estimate of drug-likeness (QED) is 0.781. The molecule has 26 heavy (non-hydrogen) atoms. The van der Waals surface area contributed by atoms with E-state index in [1.807, 2.05) is 6.07 Å². The molecule has 1 saturated heterocycles. The molecule has 5 N–H and O–H groups in total. The van der Waals surface area contributed by atoms with E-state index in [2.05, 4.69) is 5.32 Å². The molecule has 0 saturated carbocycles. The van der Waals surface area contributed by atoms with Gasteiger partial charge in [0.1, 0.15) is 17.2 Å². The summed E-state index contributed by atoms with van der Waals surface area (Å²) in [6, 6.07) is 5.05. The molecule has 2 atom stereocenters. The van der Waals surface area contributed by atoms with Crippen molar-refractivity contribution in [3.05, 3.63) is 46.4 Å². The van der Waals surface area contributed by atoms with Crippen molar-refractivity contribution in [3.63, 3.8) is 0 Å². The summed E-state index contributed by atoms with van der Waals surface area (Å²) >= 11 is 0. The summed E-state index contributed by atoms with van der Waals surface area (Å²) in [6.45, 7) is 1.78. The standard InChI is InChI=1S/C19H24FN5O/c20-14-6-5-11-8-13(4-3-12(11)9-14)17-16(19(22)26)18(21)25(24-17)15-2-1-7-23-10-15/h5-6,9,13,15,23H,1-4,7-8,10,21H2,(H2,22,26)/t13?,15-/m1/s1. The lowest BCUT2D eigenvalue weighted by atomic mass is 9.81. The van der Waals surface area contributed by atoms with Crippen LogP contribution in [-0.4, -0.2) is 28.8 Å². The molecule has 1 amide bonds. The highest BCUT2D eigenvalue weighted by Crippen LogP contribution is 2.36. The summed E-state index contributed by atoms with van der Waals surface area (Å²) in [5.41, 5.74) is 15.1. The third kappa shape index (κ3) is 2.96. The number of hydrogen-bond acceptors (Lipinski definition) is 4. The zero-order valence-corrected chi connectivity index (χ0v) is 14.7. The van der Waals surface area contributed by atoms with Gasteiger partial charge in [-0.1, -0.05) is 6.07 Å². The first-order valence-electron chi connectivity index (χ1n) is 9.20. The summed E-state index contributed by atoms with van der Waals surface area (Å²) in [5, 5.41) is 8.09. The molecule has 4 rings (SSSR count). The average molecular weight is 357 g/mol. The Balaban J connectivity index is 1.69. The number of nitrogen functional groups attached to an aromatic ring is 1. The van der Waals surface area contributed by atoms with Gasteiger partial charge in [0.2, 0.25) is 0 Å². The summed E-state index contributed by atoms with van der Waals surface area (Å²) in [7, 11) is 0. The normalized spacial score (nSPS) is 22.8. The Kier molecular flexibility index (Phi) is 4.40. The van der Waals surface area contributed by atoms with Crippen LogP contribution >= 0.6 is 0 Å². The number of primary amides is 1. The maximum atomic E-state index is 13.4. The fraction of sp³-hybridized carbons (Fsp3) is 0.474. The molecule has 2 heterocycles. The summed E-state index contributed by atoms with van der Waals surface area (Å²) < 4.78 is 15.2. The second kappa shape index (κ2) is 6.72. The number of carbonyl (C=O) groups excluding carboxylic acids is 1. The van der Waals surface area contributed by atoms with Crippen molar-refractivity contribution in [3.8, 4) is 0 Å². The number of nitrogens with two attached hydrogens (primary N) is 2. The minimum Gasteiger partial charge on any atom is -0.383 e. The molecule has 7 heteroatoms. The second-order valence-corrected chi connectivity index (χ2v) is 7.31. The number of benzene rings is 1. The van der Waals surface area contributed by atoms with E-state index >= 15 is 0 Å². The van der Waals surface area contributed by atoms with E-state index in [1.165, 1.54) is 6.07 Å². The van der Waals surface area contributed by atoms with Crippen molar-refractivity contribution in [1.82, 2.24) is 15.1 Å². The maximum Gasteiger partial charge on any atom is 0.254 e. The van der Waals surface area contributed by atoms with Gasteiger partial charge in [-0.3, -0.25) is 4.79 Å². The van der Waals surface area contributed by atoms with E-state index in [-0.39, 0.29) is 17.8 Å². The van der Waals surface area contributed by atoms with Gasteiger partial charge in [0.25, 0.3) is 5.91 Å². The van der Waals surface area contributed by atoms with Crippen LogP contribution in [-0.2, 0) is 12.8 Å². The first kappa shape index (κ1) is 17.0. The van der Waals surface area contributed by atoms with E-state index < -0.39 is 5.91 Å². The lowest BCUT2D eigenvalue weighted by molar-refractivity contribution is 0.0999. The van der Waals surface area contributed by atoms with Crippen LogP contribution in [0.4, 0.5) is 10.2 Å². The molecule has 1 aliphatic carbocycles. The highest BCUT2D eigenvalue weighted by atomic mass is 19.1. The van der Waals surface area contributed by atoms with E-state index in [0.717, 1.165) is 56.3 Å². The summed E-state index contributed by atoms with van der Waals surface area (Å²) in [5.74, 6) is -0.308. The Morgan fingerprint density at radius 3 is 2.88 bits per heavy atom. The van der Waals surface area contributed by atoms with Gasteiger partial charge in [-0.15, -0.1) is 0 Å². The van der Waals surface area contributed by atoms with E-state index in [0.29, 0.717) is 17.1 Å². The number of halogens is 1. The number of piperidine rings is 1. The van der Waals surface area contributed by atoms with Gasteiger partial charge in [-0.2, -0.15) is 5.10 Å². The van der Waals surface area contributed by atoms with E-state index in [4.69, 9.17) is 16.6 Å². The lowest BCUT2D eigenvalue weighted by Gasteiger charge is -2.25. The number of carbonyl (C=O) groups is 1. The second-order valence-electron chi connectivity index (χ2n) is 7.31. The van der Waals surface area contributed by atoms with E-state index in [1.54, 1.807) is 10.7 Å². The highest BCUT2D eigenvalue weighted by Gasteiger charge is 2.31. The van der Waals surface area contributed by atoms with Gasteiger partial charge in [0, 0.05) is 12.5 Å². The number of nitrogens with one attached hydrogen (secondary N) is 1. The number of nitrogens with zero attached hydrogens (tertiary/aromatic N) is 2. The van der Waals surface area contributed by atoms with Crippen LogP contribution in [0.3, 0.4) is 0 Å². The first-order chi connectivity index (χ1) is 12.5. The van der Waals surface area contributed by atoms with Crippen molar-refractivity contribution in [2.45, 2.75) is 44.1 Å². The van der Waals surface area contributed by atoms with Crippen LogP contribution in [0, 0.1) is 5.82 Å². The SMILES string of the molecule is NC(=O)c1c(C2CCc3cc(F)ccc3C2)nn([C@@H]2CCCNC2)c1N. The monoisotopic (exact) mass is 357 g/mol. The smallest absolute Gasteiger partial charge is 0.254 e. The number of aryl methyl sites for hydroxylation is 1. The van der Waals surface area contributed by atoms with Crippen LogP contribution in [0.1, 0.15) is 58.4 Å². The van der Waals surface area contributed by atoms with Crippen LogP contribution in [0.2, 0.25) is 0 Å². The molecule has 0 spiro atoms. The largest absolute Gasteiger partial charge is 0.383 e. The van der Waals surface area contributed by atoms with Crippen molar-refractivity contribution in [2.75, 3.05) is 18.8 Å². The molecule has 2 aromatic rings. The molecule has 138 valence electrons. The number of fused-ring (bicyclic) bond motifs is 1. The van der Waals surface area contributed by atoms with Crippen LogP contribution < -0.4 is 16.8 Å². The van der Waals surface area contributed by atoms with E-state index in [9.17, 15) is 9.18 Å². The maximum absolute atomic E-state index is 13.4. The molecule has 1 aromatic heterocycles. The Bertz CT molecular complexity index is 841. The lowest BCUT2D eigenvalue weighted by Crippen LogP contribution is -2.32. The predicted molar refractivity (Wildman–Crippen MR) is 97.5 cm³/mol. The van der Waals surface area contributed by atoms with Crippen LogP contribution in [0.15, 0.2) is 18.2 Å². The molecule has 1 fully saturated rings. The van der Waals surface area contributed by atoms with Crippen LogP contribution in [0.25, 0.3) is 0 Å². The van der Waals surface area contributed by atoms with Gasteiger partial charge in [0.15, 0.2) is 0 Å². The molecule has 6 nitrogen and oxygen atoms in total. The summed E-state index contributed by atoms with van der Waals surface area (Å²) in [4.78, 5) is 12.1. The number of amides is 1. The number of rotatable bonds is 3. The van der Waals surface area contributed by atoms with Gasteiger partial charge in [-0.25, -0.2) is 9.07 Å². The molecule has 1 unspecified atom stereocenters. The van der Waals surface area contributed by atoms with Crippen molar-refractivity contribution < 1.29 is 9.18 Å². The van der Waals surface area contributed by atoms with Crippen molar-refractivity contribution in [1.29, 1.82) is 0 Å². The molecule has 0 bridgehead atoms. The molecular formula is C19H24FN5O. The van der Waals surface area contributed by atoms with Gasteiger partial charge in [0.05, 0.1) is 11.7 Å². The van der Waals surface area contributed by atoms with Gasteiger partial charge < -0.3 is 16.8 Å². The zero-order valence-electron chi connectivity index (χ0n) is 14.7. The van der Waals surface area contributed by atoms with Crippen molar-refractivity contribution >= 4 is 11.7 Å². The van der Waals surface area contributed by atoms with Gasteiger partial charge in [-0.05, 0) is 61.9 Å². The third-order valence-corrected chi connectivity index (χ3v) is 5.62. The third-order valence-electron chi connectivity index (χ3n) is 5.62. The number of anilines is 1. The molecule has 2 aliphatic rings. The predicted octanol–water partition coefficient (Wildman–Crippen LogP) is 1.90. The minimum absolute atomic E-state index is 0.0653. The molecule has 1 aliphatic heterocycles. The molecular weight excluding hydrogens is 333 g/mol. The van der Waals surface area contributed by atoms with Crippen LogP contribution in [0.5, 0.6) is 0 Å². The average Bonchev–Trinajstić information content (AvgIpc) is 2.99. The highest BCUT2D eigenvalue weighted by molar-refractivity contribution is 5.98. The van der Waals surface area contributed by atoms with Gasteiger partial charge >= 0.3 is 0 Å². The topological polar surface area (TPSA) is 99.0 Å². The molecule has 1 aromatic carbocycles. The Hall–Kier alpha value is -2.41. The molecule has 0 radical (unpaired) electrons. The van der Waals surface area contributed by atoms with Crippen molar-refractivity contribution in [2.24, 2.45) is 5.73 Å². The zero-order chi connectivity index (χ0) is 18.3. The minimum atomic E-state index is -0.530. The Morgan fingerprint density at radius 2 is 2.15 bits per heavy atom. The Morgan fingerprint density at radius 1 is 1.31 bits per heavy atom. The fourth-order valence-corrected chi connectivity index (χ4v) is 4.28. The Labute approximate surface area is 151 Å². The number of hydrogen-bond donors (Lipinski definition) is 3. The number of aromatic nitrogens is 2. The summed E-state index contributed by atoms with van der Waals surface area (Å²) in [6.07, 6.45) is 4.30. The first-order valence-corrected chi connectivity index (χ1v) is 9.20. The fourth-order valence-electron chi connectivity index (χ4n) is 4.28.